The topological polar surface area (TPSA) is 134 Å². The van der Waals surface area contributed by atoms with Gasteiger partial charge in [-0.15, -0.1) is 0 Å². The lowest BCUT2D eigenvalue weighted by molar-refractivity contribution is 0.0490. The van der Waals surface area contributed by atoms with Crippen LogP contribution in [0.25, 0.3) is 0 Å². The van der Waals surface area contributed by atoms with Crippen LogP contribution in [0.1, 0.15) is 65.7 Å². The van der Waals surface area contributed by atoms with Crippen molar-refractivity contribution in [2.75, 3.05) is 13.2 Å². The summed E-state index contributed by atoms with van der Waals surface area (Å²) in [6.45, 7) is 0.590. The summed E-state index contributed by atoms with van der Waals surface area (Å²) in [5.41, 5.74) is 0.386. The van der Waals surface area contributed by atoms with Crippen LogP contribution in [0.4, 0.5) is 0 Å². The molecule has 0 amide bonds. The molecule has 0 aliphatic carbocycles. The Morgan fingerprint density at radius 3 is 1.26 bits per heavy atom. The minimum absolute atomic E-state index is 0.193. The number of carbonyl (C=O) groups is 2. The van der Waals surface area contributed by atoms with Gasteiger partial charge < -0.3 is 29.9 Å². The standard InChI is InChI=1S/C23H28O8/c24-18-10-8-16(14-20(18)26)22(28)30-12-6-4-2-1-3-5-7-13-31-23(29)17-9-11-19(25)21(27)15-17/h8-11,14-15,24-27H,1-7,12-13H2. The van der Waals surface area contributed by atoms with E-state index in [0.717, 1.165) is 44.9 Å². The maximum atomic E-state index is 11.8. The van der Waals surface area contributed by atoms with Gasteiger partial charge in [-0.2, -0.15) is 0 Å². The zero-order valence-electron chi connectivity index (χ0n) is 17.2. The lowest BCUT2D eigenvalue weighted by atomic mass is 10.1. The normalized spacial score (nSPS) is 10.6. The molecule has 0 heterocycles. The van der Waals surface area contributed by atoms with E-state index in [1.165, 1.54) is 36.4 Å². The van der Waals surface area contributed by atoms with E-state index in [4.69, 9.17) is 9.47 Å². The van der Waals surface area contributed by atoms with Crippen LogP contribution in [-0.2, 0) is 9.47 Å². The van der Waals surface area contributed by atoms with Crippen molar-refractivity contribution in [3.05, 3.63) is 47.5 Å². The third-order valence-corrected chi connectivity index (χ3v) is 4.68. The predicted molar refractivity (Wildman–Crippen MR) is 112 cm³/mol. The average Bonchev–Trinajstić information content (AvgIpc) is 2.75. The number of phenols is 4. The molecule has 0 radical (unpaired) electrons. The summed E-state index contributed by atoms with van der Waals surface area (Å²) in [4.78, 5) is 23.7. The number of benzene rings is 2. The maximum Gasteiger partial charge on any atom is 0.338 e. The van der Waals surface area contributed by atoms with Crippen LogP contribution in [0, 0.1) is 0 Å². The van der Waals surface area contributed by atoms with Gasteiger partial charge in [0.1, 0.15) is 0 Å². The molecular formula is C23H28O8. The summed E-state index contributed by atoms with van der Waals surface area (Å²) < 4.78 is 10.3. The van der Waals surface area contributed by atoms with E-state index in [9.17, 15) is 30.0 Å². The first kappa shape index (κ1) is 23.9. The van der Waals surface area contributed by atoms with Gasteiger partial charge in [0.05, 0.1) is 24.3 Å². The van der Waals surface area contributed by atoms with Crippen molar-refractivity contribution < 1.29 is 39.5 Å². The highest BCUT2D eigenvalue weighted by molar-refractivity contribution is 5.90. The second-order valence-electron chi connectivity index (χ2n) is 7.15. The summed E-state index contributed by atoms with van der Waals surface area (Å²) in [5, 5.41) is 37.3. The molecule has 0 unspecified atom stereocenters. The molecule has 0 aromatic heterocycles. The lowest BCUT2D eigenvalue weighted by Gasteiger charge is -2.07. The summed E-state index contributed by atoms with van der Waals surface area (Å²) in [5.74, 6) is -2.35. The SMILES string of the molecule is O=C(OCCCCCCCCCOC(=O)c1ccc(O)c(O)c1)c1ccc(O)c(O)c1. The van der Waals surface area contributed by atoms with Gasteiger partial charge >= 0.3 is 11.9 Å². The molecular weight excluding hydrogens is 404 g/mol. The number of hydrogen-bond donors (Lipinski definition) is 4. The van der Waals surface area contributed by atoms with Gasteiger partial charge in [-0.1, -0.05) is 32.1 Å². The fraction of sp³-hybridized carbons (Fsp3) is 0.391. The summed E-state index contributed by atoms with van der Waals surface area (Å²) in [6, 6.07) is 7.61. The Morgan fingerprint density at radius 1 is 0.548 bits per heavy atom. The molecule has 0 fully saturated rings. The van der Waals surface area contributed by atoms with Gasteiger partial charge in [0.15, 0.2) is 23.0 Å². The Morgan fingerprint density at radius 2 is 0.903 bits per heavy atom. The molecule has 2 rings (SSSR count). The summed E-state index contributed by atoms with van der Waals surface area (Å²) in [6.07, 6.45) is 6.37. The average molecular weight is 432 g/mol. The number of esters is 2. The molecule has 8 nitrogen and oxygen atoms in total. The molecule has 0 saturated heterocycles. The van der Waals surface area contributed by atoms with Crippen molar-refractivity contribution in [2.24, 2.45) is 0 Å². The van der Waals surface area contributed by atoms with Crippen LogP contribution in [-0.4, -0.2) is 45.6 Å². The van der Waals surface area contributed by atoms with Crippen molar-refractivity contribution in [1.82, 2.24) is 0 Å². The molecule has 4 N–H and O–H groups in total. The van der Waals surface area contributed by atoms with Crippen molar-refractivity contribution in [3.63, 3.8) is 0 Å². The number of unbranched alkanes of at least 4 members (excludes halogenated alkanes) is 6. The Bertz CT molecular complexity index is 806. The van der Waals surface area contributed by atoms with Gasteiger partial charge in [0.2, 0.25) is 0 Å². The first-order chi connectivity index (χ1) is 14.9. The largest absolute Gasteiger partial charge is 0.504 e. The van der Waals surface area contributed by atoms with E-state index in [1.807, 2.05) is 0 Å². The second-order valence-corrected chi connectivity index (χ2v) is 7.15. The van der Waals surface area contributed by atoms with E-state index >= 15 is 0 Å². The third kappa shape index (κ3) is 8.08. The van der Waals surface area contributed by atoms with Crippen LogP contribution in [0.5, 0.6) is 23.0 Å². The summed E-state index contributed by atoms with van der Waals surface area (Å²) in [7, 11) is 0. The van der Waals surface area contributed by atoms with Crippen molar-refractivity contribution in [3.8, 4) is 23.0 Å². The molecule has 0 bridgehead atoms. The van der Waals surface area contributed by atoms with E-state index < -0.39 is 11.9 Å². The van der Waals surface area contributed by atoms with Crippen LogP contribution < -0.4 is 0 Å². The van der Waals surface area contributed by atoms with Gasteiger partial charge in [-0.05, 0) is 49.2 Å². The second kappa shape index (κ2) is 12.3. The monoisotopic (exact) mass is 432 g/mol. The first-order valence-corrected chi connectivity index (χ1v) is 10.3. The maximum absolute atomic E-state index is 11.8. The molecule has 8 heteroatoms. The quantitative estimate of drug-likeness (QED) is 0.222. The number of phenolic OH excluding ortho intramolecular Hbond substituents is 4. The van der Waals surface area contributed by atoms with E-state index in [1.54, 1.807) is 0 Å². The minimum atomic E-state index is -0.535. The zero-order chi connectivity index (χ0) is 22.6. The Balaban J connectivity index is 1.46. The highest BCUT2D eigenvalue weighted by Gasteiger charge is 2.11. The van der Waals surface area contributed by atoms with Crippen LogP contribution in [0.2, 0.25) is 0 Å². The van der Waals surface area contributed by atoms with Crippen molar-refractivity contribution in [2.45, 2.75) is 44.9 Å². The smallest absolute Gasteiger partial charge is 0.338 e. The molecule has 0 aliphatic heterocycles. The van der Waals surface area contributed by atoms with Crippen molar-refractivity contribution >= 4 is 11.9 Å². The highest BCUT2D eigenvalue weighted by Crippen LogP contribution is 2.26. The minimum Gasteiger partial charge on any atom is -0.504 e. The van der Waals surface area contributed by atoms with Gasteiger partial charge in [-0.3, -0.25) is 0 Å². The number of ether oxygens (including phenoxy) is 2. The Hall–Kier alpha value is -3.42. The fourth-order valence-electron chi connectivity index (χ4n) is 2.89. The van der Waals surface area contributed by atoms with Gasteiger partial charge in [0, 0.05) is 0 Å². The number of aromatic hydroxyl groups is 4. The number of carbonyl (C=O) groups excluding carboxylic acids is 2. The van der Waals surface area contributed by atoms with E-state index in [0.29, 0.717) is 13.2 Å². The molecule has 2 aromatic rings. The van der Waals surface area contributed by atoms with Crippen LogP contribution in [0.3, 0.4) is 0 Å². The van der Waals surface area contributed by atoms with Crippen LogP contribution >= 0.6 is 0 Å². The van der Waals surface area contributed by atoms with E-state index in [2.05, 4.69) is 0 Å². The molecule has 2 aromatic carbocycles. The number of hydrogen-bond acceptors (Lipinski definition) is 8. The van der Waals surface area contributed by atoms with Gasteiger partial charge in [-0.25, -0.2) is 9.59 Å². The lowest BCUT2D eigenvalue weighted by Crippen LogP contribution is -2.06. The molecule has 0 aliphatic rings. The Labute approximate surface area is 180 Å². The highest BCUT2D eigenvalue weighted by atomic mass is 16.5. The zero-order valence-corrected chi connectivity index (χ0v) is 17.2. The van der Waals surface area contributed by atoms with Crippen LogP contribution in [0.15, 0.2) is 36.4 Å². The Kier molecular flexibility index (Phi) is 9.48. The number of rotatable bonds is 12. The molecule has 0 atom stereocenters. The molecule has 0 spiro atoms. The molecule has 0 saturated carbocycles. The molecule has 168 valence electrons. The van der Waals surface area contributed by atoms with E-state index in [-0.39, 0.29) is 34.1 Å². The first-order valence-electron chi connectivity index (χ1n) is 10.3. The van der Waals surface area contributed by atoms with Crippen molar-refractivity contribution in [1.29, 1.82) is 0 Å². The van der Waals surface area contributed by atoms with Gasteiger partial charge in [0.25, 0.3) is 0 Å². The summed E-state index contributed by atoms with van der Waals surface area (Å²) >= 11 is 0. The molecule has 31 heavy (non-hydrogen) atoms. The predicted octanol–water partition coefficient (Wildman–Crippen LogP) is 4.25. The third-order valence-electron chi connectivity index (χ3n) is 4.68. The fourth-order valence-corrected chi connectivity index (χ4v) is 2.89.